The van der Waals surface area contributed by atoms with Gasteiger partial charge in [0.05, 0.1) is 0 Å². The van der Waals surface area contributed by atoms with Crippen LogP contribution in [0.1, 0.15) is 41.5 Å². The molecule has 0 amide bonds. The molecule has 1 aliphatic rings. The van der Waals surface area contributed by atoms with E-state index in [9.17, 15) is 0 Å². The van der Waals surface area contributed by atoms with Crippen LogP contribution in [0.15, 0.2) is 28.4 Å². The molecule has 0 unspecified atom stereocenters. The van der Waals surface area contributed by atoms with Crippen LogP contribution in [0.2, 0.25) is 0 Å². The van der Waals surface area contributed by atoms with Crippen molar-refractivity contribution in [3.8, 4) is 0 Å². The predicted molar refractivity (Wildman–Crippen MR) is 75.0 cm³/mol. The Labute approximate surface area is 136 Å². The minimum absolute atomic E-state index is 0. The van der Waals surface area contributed by atoms with Crippen LogP contribution in [0.5, 0.6) is 0 Å². The topological polar surface area (TPSA) is 0 Å². The second-order valence-corrected chi connectivity index (χ2v) is 6.52. The van der Waals surface area contributed by atoms with Crippen LogP contribution < -0.4 is 18.9 Å². The van der Waals surface area contributed by atoms with Crippen molar-refractivity contribution >= 4 is 31.5 Å². The molecule has 0 aromatic heterocycles. The van der Waals surface area contributed by atoms with E-state index >= 15 is 0 Å². The third-order valence-electron chi connectivity index (χ3n) is 2.56. The molecule has 0 N–H and O–H groups in total. The summed E-state index contributed by atoms with van der Waals surface area (Å²) in [6.45, 7) is 13.2. The predicted octanol–water partition coefficient (Wildman–Crippen LogP) is 0.802. The average Bonchev–Trinajstić information content (AvgIpc) is 1.99. The minimum Gasteiger partial charge on any atom is -0.783 e. The Bertz CT molecular complexity index is 347. The molecule has 0 fully saturated rings. The summed E-state index contributed by atoms with van der Waals surface area (Å²) in [5.74, 6) is 1.23. The van der Waals surface area contributed by atoms with Gasteiger partial charge in [0.25, 0.3) is 0 Å². The molecule has 0 bridgehead atoms. The molecule has 0 aliphatic heterocycles. The van der Waals surface area contributed by atoms with Gasteiger partial charge >= 0.3 is 18.9 Å². The molecule has 0 saturated carbocycles. The molecular formula is C14H20Li2S. The van der Waals surface area contributed by atoms with Crippen LogP contribution in [-0.2, 0) is 12.6 Å². The Kier molecular flexibility index (Phi) is 7.92. The quantitative estimate of drug-likeness (QED) is 0.339. The summed E-state index contributed by atoms with van der Waals surface area (Å²) >= 11 is 5.57. The van der Waals surface area contributed by atoms with Crippen LogP contribution in [0.25, 0.3) is 0 Å². The normalized spacial score (nSPS) is 16.6. The fourth-order valence-corrected chi connectivity index (χ4v) is 2.33. The zero-order valence-corrected chi connectivity index (χ0v) is 13.4. The third kappa shape index (κ3) is 5.05. The molecule has 0 saturated heterocycles. The van der Waals surface area contributed by atoms with Crippen LogP contribution in [0.4, 0.5) is 0 Å². The average molecular weight is 234 g/mol. The first kappa shape index (κ1) is 20.0. The van der Waals surface area contributed by atoms with Gasteiger partial charge in [-0.05, 0) is 23.0 Å². The fourth-order valence-electron chi connectivity index (χ4n) is 1.60. The van der Waals surface area contributed by atoms with E-state index in [4.69, 9.17) is 12.6 Å². The van der Waals surface area contributed by atoms with E-state index in [0.29, 0.717) is 0 Å². The van der Waals surface area contributed by atoms with E-state index in [2.05, 4.69) is 47.3 Å². The van der Waals surface area contributed by atoms with E-state index in [0.717, 1.165) is 4.91 Å². The van der Waals surface area contributed by atoms with E-state index in [1.165, 1.54) is 11.5 Å². The van der Waals surface area contributed by atoms with Gasteiger partial charge in [-0.25, -0.2) is 0 Å². The second-order valence-electron chi connectivity index (χ2n) is 6.11. The monoisotopic (exact) mass is 234 g/mol. The second kappa shape index (κ2) is 6.73. The molecule has 17 heavy (non-hydrogen) atoms. The molecule has 0 aromatic rings. The zero-order chi connectivity index (χ0) is 11.9. The summed E-state index contributed by atoms with van der Waals surface area (Å²) in [5, 5.41) is 0. The van der Waals surface area contributed by atoms with Gasteiger partial charge in [0, 0.05) is 24.8 Å². The van der Waals surface area contributed by atoms with Crippen LogP contribution in [-0.4, -0.2) is 18.9 Å². The van der Waals surface area contributed by atoms with E-state index < -0.39 is 0 Å². The molecule has 0 spiro atoms. The van der Waals surface area contributed by atoms with Crippen molar-refractivity contribution < 1.29 is 18.9 Å². The van der Waals surface area contributed by atoms with Crippen molar-refractivity contribution in [2.45, 2.75) is 41.5 Å². The summed E-state index contributed by atoms with van der Waals surface area (Å²) in [7, 11) is 0. The molecule has 84 valence electrons. The van der Waals surface area contributed by atoms with Crippen molar-refractivity contribution in [2.75, 3.05) is 0 Å². The first-order valence-electron chi connectivity index (χ1n) is 5.36. The summed E-state index contributed by atoms with van der Waals surface area (Å²) in [4.78, 5) is 1.01. The van der Waals surface area contributed by atoms with E-state index in [1.807, 2.05) is 12.2 Å². The van der Waals surface area contributed by atoms with Gasteiger partial charge in [0.1, 0.15) is 0 Å². The maximum Gasteiger partial charge on any atom is 1.00 e. The molecule has 2 radical (unpaired) electrons. The van der Waals surface area contributed by atoms with Gasteiger partial charge in [-0.15, -0.1) is 5.73 Å². The van der Waals surface area contributed by atoms with Crippen LogP contribution >= 0.6 is 0 Å². The van der Waals surface area contributed by atoms with Gasteiger partial charge in [-0.1, -0.05) is 47.1 Å². The molecule has 1 aliphatic carbocycles. The maximum absolute atomic E-state index is 5.57. The summed E-state index contributed by atoms with van der Waals surface area (Å²) in [6.07, 6.45) is 4.05. The molecule has 0 atom stereocenters. The smallest absolute Gasteiger partial charge is 0.783 e. The zero-order valence-electron chi connectivity index (χ0n) is 12.6. The van der Waals surface area contributed by atoms with Crippen LogP contribution in [0.3, 0.4) is 0 Å². The van der Waals surface area contributed by atoms with Gasteiger partial charge in [-0.3, -0.25) is 0 Å². The van der Waals surface area contributed by atoms with Gasteiger partial charge in [-0.2, -0.15) is 4.91 Å². The standard InChI is InChI=1S/C14H21S.2Li/c1-13(2,3)10-8-7-9-11(12(10)15)14(4,5)6;;/h8-9,15H,1-6H3;;/q;;+1/p-1. The Hall–Kier alpha value is 0.675. The Morgan fingerprint density at radius 1 is 0.941 bits per heavy atom. The van der Waals surface area contributed by atoms with E-state index in [1.54, 1.807) is 0 Å². The summed E-state index contributed by atoms with van der Waals surface area (Å²) in [5.41, 5.74) is 4.66. The number of allylic oxidation sites excluding steroid dienone is 3. The molecule has 0 nitrogen and oxygen atoms in total. The van der Waals surface area contributed by atoms with Gasteiger partial charge in [0.15, 0.2) is 0 Å². The fraction of sp³-hybridized carbons (Fsp3) is 0.571. The van der Waals surface area contributed by atoms with Gasteiger partial charge < -0.3 is 12.6 Å². The van der Waals surface area contributed by atoms with Crippen LogP contribution in [0, 0.1) is 16.7 Å². The van der Waals surface area contributed by atoms with Crippen molar-refractivity contribution in [1.82, 2.24) is 0 Å². The number of hydrogen-bond donors (Lipinski definition) is 0. The van der Waals surface area contributed by atoms with Crippen molar-refractivity contribution in [2.24, 2.45) is 10.8 Å². The van der Waals surface area contributed by atoms with Gasteiger partial charge in [0.2, 0.25) is 0 Å². The Balaban J connectivity index is 0. The third-order valence-corrected chi connectivity index (χ3v) is 3.00. The SMILES string of the molecule is CC(C)(C)[C]1C=C=CC(C(C)(C)C)=C1[S-].[Li+].[Li]. The van der Waals surface area contributed by atoms with Crippen molar-refractivity contribution in [1.29, 1.82) is 0 Å². The largest absolute Gasteiger partial charge is 1.00 e. The molecule has 0 aromatic carbocycles. The Morgan fingerprint density at radius 2 is 1.41 bits per heavy atom. The maximum atomic E-state index is 5.57. The Morgan fingerprint density at radius 3 is 1.76 bits per heavy atom. The first-order valence-corrected chi connectivity index (χ1v) is 5.77. The minimum atomic E-state index is 0. The number of hydrogen-bond acceptors (Lipinski definition) is 1. The molecule has 3 heteroatoms. The summed E-state index contributed by atoms with van der Waals surface area (Å²) < 4.78 is 0. The molecule has 0 heterocycles. The summed E-state index contributed by atoms with van der Waals surface area (Å²) in [6, 6.07) is 0. The van der Waals surface area contributed by atoms with Crippen molar-refractivity contribution in [3.63, 3.8) is 0 Å². The van der Waals surface area contributed by atoms with E-state index in [-0.39, 0.29) is 48.6 Å². The number of rotatable bonds is 0. The molecular weight excluding hydrogens is 214 g/mol. The van der Waals surface area contributed by atoms with Crippen molar-refractivity contribution in [3.05, 3.63) is 34.3 Å². The first-order chi connectivity index (χ1) is 6.64. The molecule has 1 rings (SSSR count).